The number of carbonyl (C=O) groups is 1. The maximum absolute atomic E-state index is 10.7. The number of aromatic amines is 1. The van der Waals surface area contributed by atoms with E-state index < -0.39 is 5.97 Å². The van der Waals surface area contributed by atoms with Crippen molar-refractivity contribution in [2.75, 3.05) is 0 Å². The van der Waals surface area contributed by atoms with Crippen molar-refractivity contribution in [1.29, 1.82) is 0 Å². The van der Waals surface area contributed by atoms with Crippen LogP contribution in [0.15, 0.2) is 0 Å². The van der Waals surface area contributed by atoms with E-state index in [1.54, 1.807) is 0 Å². The predicted octanol–water partition coefficient (Wildman–Crippen LogP) is 1.01. The Morgan fingerprint density at radius 3 is 3.15 bits per heavy atom. The van der Waals surface area contributed by atoms with Gasteiger partial charge in [0.05, 0.1) is 0 Å². The molecule has 1 aromatic heterocycles. The van der Waals surface area contributed by atoms with Crippen molar-refractivity contribution in [3.05, 3.63) is 17.0 Å². The van der Waals surface area contributed by atoms with Gasteiger partial charge < -0.3 is 5.11 Å². The smallest absolute Gasteiger partial charge is 0.356 e. The lowest BCUT2D eigenvalue weighted by Crippen LogP contribution is -2.02. The van der Waals surface area contributed by atoms with Crippen molar-refractivity contribution in [3.63, 3.8) is 0 Å². The van der Waals surface area contributed by atoms with Gasteiger partial charge in [-0.1, -0.05) is 6.92 Å². The molecule has 0 aliphatic heterocycles. The molecule has 0 aromatic carbocycles. The molecule has 0 spiro atoms. The Bertz CT molecular complexity index is 396. The minimum absolute atomic E-state index is 0.231. The fourth-order valence-electron chi connectivity index (χ4n) is 2.61. The number of hydrogen-bond donors (Lipinski definition) is 2. The summed E-state index contributed by atoms with van der Waals surface area (Å²) in [5.41, 5.74) is 2.25. The first-order valence-corrected chi connectivity index (χ1v) is 4.50. The molecule has 1 aromatic rings. The molecule has 1 saturated carbocycles. The monoisotopic (exact) mass is 178 g/mol. The number of aromatic carboxylic acids is 1. The number of nitrogens with zero attached hydrogens (tertiary/aromatic N) is 1. The van der Waals surface area contributed by atoms with E-state index >= 15 is 0 Å². The summed E-state index contributed by atoms with van der Waals surface area (Å²) in [6, 6.07) is 0. The summed E-state index contributed by atoms with van der Waals surface area (Å²) >= 11 is 0. The predicted molar refractivity (Wildman–Crippen MR) is 44.6 cm³/mol. The third kappa shape index (κ3) is 0.709. The van der Waals surface area contributed by atoms with Crippen LogP contribution < -0.4 is 0 Å². The number of fused-ring (bicyclic) bond motifs is 3. The average Bonchev–Trinajstić information content (AvgIpc) is 2.49. The first kappa shape index (κ1) is 7.12. The van der Waals surface area contributed by atoms with Crippen molar-refractivity contribution < 1.29 is 9.90 Å². The summed E-state index contributed by atoms with van der Waals surface area (Å²) in [7, 11) is 0. The zero-order valence-electron chi connectivity index (χ0n) is 7.24. The molecule has 13 heavy (non-hydrogen) atoms. The first-order valence-electron chi connectivity index (χ1n) is 4.50. The minimum atomic E-state index is -0.911. The third-order valence-corrected chi connectivity index (χ3v) is 3.44. The Balaban J connectivity index is 2.08. The summed E-state index contributed by atoms with van der Waals surface area (Å²) in [6.45, 7) is 2.21. The zero-order valence-corrected chi connectivity index (χ0v) is 7.24. The van der Waals surface area contributed by atoms with Gasteiger partial charge in [-0.2, -0.15) is 5.10 Å². The van der Waals surface area contributed by atoms with E-state index in [9.17, 15) is 4.79 Å². The Morgan fingerprint density at radius 1 is 1.69 bits per heavy atom. The molecule has 1 fully saturated rings. The summed E-state index contributed by atoms with van der Waals surface area (Å²) in [5, 5.41) is 15.5. The first-order chi connectivity index (χ1) is 6.20. The molecular formula is C9H10N2O2. The summed E-state index contributed by atoms with van der Waals surface area (Å²) in [6.07, 6.45) is 0.902. The molecule has 3 atom stereocenters. The SMILES string of the molecule is C[C@@H]1[C@H]2Cc3c(C(=O)O)n[nH]c3[C@@H]12. The molecule has 4 nitrogen and oxygen atoms in total. The minimum Gasteiger partial charge on any atom is -0.476 e. The van der Waals surface area contributed by atoms with Crippen molar-refractivity contribution in [1.82, 2.24) is 10.2 Å². The summed E-state index contributed by atoms with van der Waals surface area (Å²) in [5.74, 6) is 1.05. The zero-order chi connectivity index (χ0) is 9.16. The standard InChI is InChI=1S/C9H10N2O2/c1-3-4-2-5-7(6(3)4)10-11-8(5)9(12)13/h3-4,6H,2H2,1H3,(H,10,11)(H,12,13)/t3-,4-,6+/m1/s1. The Kier molecular flexibility index (Phi) is 1.07. The normalized spacial score (nSPS) is 34.1. The van der Waals surface area contributed by atoms with Crippen LogP contribution in [0.1, 0.15) is 34.6 Å². The van der Waals surface area contributed by atoms with E-state index in [-0.39, 0.29) is 5.69 Å². The average molecular weight is 178 g/mol. The number of carboxylic acid groups (broad SMARTS) is 1. The van der Waals surface area contributed by atoms with Crippen molar-refractivity contribution in [2.24, 2.45) is 11.8 Å². The van der Waals surface area contributed by atoms with E-state index in [4.69, 9.17) is 5.11 Å². The molecule has 2 aliphatic rings. The van der Waals surface area contributed by atoms with Crippen LogP contribution >= 0.6 is 0 Å². The Hall–Kier alpha value is -1.32. The summed E-state index contributed by atoms with van der Waals surface area (Å²) in [4.78, 5) is 10.7. The highest BCUT2D eigenvalue weighted by Crippen LogP contribution is 2.60. The number of aromatic nitrogens is 2. The lowest BCUT2D eigenvalue weighted by atomic mass is 10.1. The Morgan fingerprint density at radius 2 is 2.46 bits per heavy atom. The van der Waals surface area contributed by atoms with Gasteiger partial charge in [0, 0.05) is 17.2 Å². The van der Waals surface area contributed by atoms with Crippen molar-refractivity contribution in [3.8, 4) is 0 Å². The maximum Gasteiger partial charge on any atom is 0.356 e. The molecule has 0 saturated heterocycles. The van der Waals surface area contributed by atoms with Crippen LogP contribution in [0.5, 0.6) is 0 Å². The van der Waals surface area contributed by atoms with Gasteiger partial charge in [-0.05, 0) is 18.3 Å². The van der Waals surface area contributed by atoms with E-state index in [0.717, 1.165) is 23.6 Å². The maximum atomic E-state index is 10.7. The largest absolute Gasteiger partial charge is 0.476 e. The molecule has 1 heterocycles. The Labute approximate surface area is 75.0 Å². The van der Waals surface area contributed by atoms with Gasteiger partial charge >= 0.3 is 5.97 Å². The fraction of sp³-hybridized carbons (Fsp3) is 0.556. The van der Waals surface area contributed by atoms with Crippen LogP contribution in [0.3, 0.4) is 0 Å². The number of carboxylic acids is 1. The second-order valence-electron chi connectivity index (χ2n) is 4.02. The molecule has 2 N–H and O–H groups in total. The van der Waals surface area contributed by atoms with E-state index in [0.29, 0.717) is 11.8 Å². The van der Waals surface area contributed by atoms with Gasteiger partial charge in [0.1, 0.15) is 0 Å². The van der Waals surface area contributed by atoms with Gasteiger partial charge in [0.25, 0.3) is 0 Å². The number of nitrogens with one attached hydrogen (secondary N) is 1. The number of hydrogen-bond acceptors (Lipinski definition) is 2. The molecule has 0 radical (unpaired) electrons. The van der Waals surface area contributed by atoms with Gasteiger partial charge in [-0.3, -0.25) is 5.10 Å². The number of rotatable bonds is 1. The van der Waals surface area contributed by atoms with Crippen LogP contribution in [0, 0.1) is 11.8 Å². The van der Waals surface area contributed by atoms with Crippen molar-refractivity contribution in [2.45, 2.75) is 19.3 Å². The van der Waals surface area contributed by atoms with E-state index in [1.807, 2.05) is 0 Å². The van der Waals surface area contributed by atoms with Crippen LogP contribution in [0.4, 0.5) is 0 Å². The van der Waals surface area contributed by atoms with E-state index in [1.165, 1.54) is 0 Å². The lowest BCUT2D eigenvalue weighted by Gasteiger charge is -1.96. The van der Waals surface area contributed by atoms with Crippen LogP contribution in [-0.4, -0.2) is 21.3 Å². The second kappa shape index (κ2) is 1.95. The fourth-order valence-corrected chi connectivity index (χ4v) is 2.61. The summed E-state index contributed by atoms with van der Waals surface area (Å²) < 4.78 is 0. The third-order valence-electron chi connectivity index (χ3n) is 3.44. The van der Waals surface area contributed by atoms with Gasteiger partial charge in [-0.15, -0.1) is 0 Å². The van der Waals surface area contributed by atoms with Crippen LogP contribution in [0.2, 0.25) is 0 Å². The molecule has 3 rings (SSSR count). The molecule has 0 unspecified atom stereocenters. The van der Waals surface area contributed by atoms with Crippen molar-refractivity contribution >= 4 is 5.97 Å². The molecule has 0 amide bonds. The van der Waals surface area contributed by atoms with Crippen LogP contribution in [0.25, 0.3) is 0 Å². The molecule has 2 aliphatic carbocycles. The molecule has 4 heteroatoms. The molecule has 0 bridgehead atoms. The van der Waals surface area contributed by atoms with Crippen LogP contribution in [-0.2, 0) is 6.42 Å². The highest BCUT2D eigenvalue weighted by atomic mass is 16.4. The molecule has 68 valence electrons. The van der Waals surface area contributed by atoms with Gasteiger partial charge in [0.2, 0.25) is 0 Å². The van der Waals surface area contributed by atoms with E-state index in [2.05, 4.69) is 17.1 Å². The van der Waals surface area contributed by atoms with Gasteiger partial charge in [-0.25, -0.2) is 4.79 Å². The highest BCUT2D eigenvalue weighted by molar-refractivity contribution is 5.87. The molecular weight excluding hydrogens is 168 g/mol. The quantitative estimate of drug-likeness (QED) is 0.674. The second-order valence-corrected chi connectivity index (χ2v) is 4.02. The highest BCUT2D eigenvalue weighted by Gasteiger charge is 2.55. The van der Waals surface area contributed by atoms with Gasteiger partial charge in [0.15, 0.2) is 5.69 Å². The number of H-pyrrole nitrogens is 1. The lowest BCUT2D eigenvalue weighted by molar-refractivity contribution is 0.0689. The topological polar surface area (TPSA) is 66.0 Å².